The molecule has 2 aromatic rings. The molecule has 0 fully saturated rings. The van der Waals surface area contributed by atoms with Crippen molar-refractivity contribution < 1.29 is 27.4 Å². The summed E-state index contributed by atoms with van der Waals surface area (Å²) in [6.07, 6.45) is -3.78. The molecular formula is C19H20F3NO3S. The van der Waals surface area contributed by atoms with Crippen LogP contribution in [-0.4, -0.2) is 35.7 Å². The minimum absolute atomic E-state index is 0.109. The average molecular weight is 399 g/mol. The molecule has 1 aliphatic rings. The zero-order valence-corrected chi connectivity index (χ0v) is 15.8. The number of hydrogen-bond acceptors (Lipinski definition) is 4. The number of amides is 1. The number of para-hydroxylation sites is 1. The quantitative estimate of drug-likeness (QED) is 0.721. The zero-order chi connectivity index (χ0) is 19.7. The lowest BCUT2D eigenvalue weighted by Gasteiger charge is -2.24. The molecule has 2 heterocycles. The van der Waals surface area contributed by atoms with Crippen molar-refractivity contribution >= 4 is 17.2 Å². The number of rotatable bonds is 6. The highest BCUT2D eigenvalue weighted by atomic mass is 32.1. The maximum absolute atomic E-state index is 12.9. The van der Waals surface area contributed by atoms with E-state index in [1.54, 1.807) is 29.0 Å². The molecule has 0 N–H and O–H groups in total. The summed E-state index contributed by atoms with van der Waals surface area (Å²) in [4.78, 5) is 13.2. The van der Waals surface area contributed by atoms with E-state index in [0.717, 1.165) is 10.5 Å². The maximum atomic E-state index is 12.9. The number of fused-ring (bicyclic) bond motifs is 1. The number of alkyl halides is 3. The van der Waals surface area contributed by atoms with Gasteiger partial charge in [-0.2, -0.15) is 24.5 Å². The predicted octanol–water partition coefficient (Wildman–Crippen LogP) is 4.43. The van der Waals surface area contributed by atoms with Gasteiger partial charge in [0, 0.05) is 18.5 Å². The van der Waals surface area contributed by atoms with Crippen molar-refractivity contribution in [3.8, 4) is 11.5 Å². The summed E-state index contributed by atoms with van der Waals surface area (Å²) < 4.78 is 50.0. The van der Waals surface area contributed by atoms with Gasteiger partial charge in [-0.15, -0.1) is 0 Å². The van der Waals surface area contributed by atoms with E-state index in [1.165, 1.54) is 11.3 Å². The first-order valence-electron chi connectivity index (χ1n) is 8.42. The van der Waals surface area contributed by atoms with Gasteiger partial charge < -0.3 is 14.4 Å². The van der Waals surface area contributed by atoms with Gasteiger partial charge in [0.15, 0.2) is 18.1 Å². The smallest absolute Gasteiger partial charge is 0.406 e. The SMILES string of the molecule is CC1(C)Cc2cccc(OCC(=O)N(Cc3ccsc3)CC(F)(F)F)c2O1. The van der Waals surface area contributed by atoms with Crippen LogP contribution in [0, 0.1) is 0 Å². The Morgan fingerprint density at radius 2 is 2.11 bits per heavy atom. The van der Waals surface area contributed by atoms with Crippen molar-refractivity contribution in [3.63, 3.8) is 0 Å². The fourth-order valence-electron chi connectivity index (χ4n) is 2.98. The van der Waals surface area contributed by atoms with Gasteiger partial charge in [0.2, 0.25) is 0 Å². The minimum Gasteiger partial charge on any atom is -0.483 e. The predicted molar refractivity (Wildman–Crippen MR) is 96.1 cm³/mol. The van der Waals surface area contributed by atoms with Gasteiger partial charge in [0.1, 0.15) is 12.1 Å². The van der Waals surface area contributed by atoms with Crippen LogP contribution in [0.5, 0.6) is 11.5 Å². The van der Waals surface area contributed by atoms with Gasteiger partial charge >= 0.3 is 6.18 Å². The molecule has 8 heteroatoms. The standard InChI is InChI=1S/C19H20F3NO3S/c1-18(2)8-14-4-3-5-15(17(14)26-18)25-10-16(24)23(12-19(20,21)22)9-13-6-7-27-11-13/h3-7,11H,8-10,12H2,1-2H3. The monoisotopic (exact) mass is 399 g/mol. The molecule has 0 atom stereocenters. The van der Waals surface area contributed by atoms with E-state index in [9.17, 15) is 18.0 Å². The topological polar surface area (TPSA) is 38.8 Å². The van der Waals surface area contributed by atoms with E-state index in [0.29, 0.717) is 23.5 Å². The Morgan fingerprint density at radius 3 is 2.78 bits per heavy atom. The van der Waals surface area contributed by atoms with Crippen LogP contribution < -0.4 is 9.47 Å². The first-order chi connectivity index (χ1) is 12.6. The van der Waals surface area contributed by atoms with E-state index >= 15 is 0 Å². The van der Waals surface area contributed by atoms with Crippen LogP contribution in [0.25, 0.3) is 0 Å². The number of halogens is 3. The maximum Gasteiger partial charge on any atom is 0.406 e. The highest BCUT2D eigenvalue weighted by molar-refractivity contribution is 7.07. The molecule has 1 aromatic heterocycles. The van der Waals surface area contributed by atoms with Crippen LogP contribution in [-0.2, 0) is 17.8 Å². The summed E-state index contributed by atoms with van der Waals surface area (Å²) in [5.41, 5.74) is 1.23. The number of hydrogen-bond donors (Lipinski definition) is 0. The molecule has 1 aliphatic heterocycles. The molecule has 3 rings (SSSR count). The fourth-order valence-corrected chi connectivity index (χ4v) is 3.64. The number of benzene rings is 1. The van der Waals surface area contributed by atoms with Gasteiger partial charge in [-0.1, -0.05) is 12.1 Å². The van der Waals surface area contributed by atoms with Crippen molar-refractivity contribution in [1.82, 2.24) is 4.90 Å². The third-order valence-corrected chi connectivity index (χ3v) is 4.81. The minimum atomic E-state index is -4.48. The normalized spacial score (nSPS) is 15.1. The second-order valence-corrected chi connectivity index (χ2v) is 7.85. The molecule has 27 heavy (non-hydrogen) atoms. The Kier molecular flexibility index (Phi) is 5.37. The third-order valence-electron chi connectivity index (χ3n) is 4.08. The van der Waals surface area contributed by atoms with Crippen molar-refractivity contribution in [3.05, 3.63) is 46.2 Å². The van der Waals surface area contributed by atoms with Gasteiger partial charge in [-0.25, -0.2) is 0 Å². The van der Waals surface area contributed by atoms with E-state index in [2.05, 4.69) is 0 Å². The van der Waals surface area contributed by atoms with E-state index in [4.69, 9.17) is 9.47 Å². The number of thiophene rings is 1. The molecule has 1 amide bonds. The van der Waals surface area contributed by atoms with Crippen LogP contribution in [0.3, 0.4) is 0 Å². The van der Waals surface area contributed by atoms with E-state index in [1.807, 2.05) is 19.9 Å². The molecule has 0 saturated heterocycles. The summed E-state index contributed by atoms with van der Waals surface area (Å²) >= 11 is 1.37. The molecule has 0 aliphatic carbocycles. The summed E-state index contributed by atoms with van der Waals surface area (Å²) in [5, 5.41) is 3.48. The first kappa shape index (κ1) is 19.5. The van der Waals surface area contributed by atoms with Crippen LogP contribution in [0.15, 0.2) is 35.0 Å². The lowest BCUT2D eigenvalue weighted by molar-refractivity contribution is -0.163. The second-order valence-electron chi connectivity index (χ2n) is 7.07. The Hall–Kier alpha value is -2.22. The number of ether oxygens (including phenoxy) is 2. The molecule has 4 nitrogen and oxygen atoms in total. The Labute approximate surface area is 159 Å². The lowest BCUT2D eigenvalue weighted by atomic mass is 10.0. The Balaban J connectivity index is 1.69. The summed E-state index contributed by atoms with van der Waals surface area (Å²) in [5.74, 6) is 0.192. The molecule has 146 valence electrons. The van der Waals surface area contributed by atoms with E-state index in [-0.39, 0.29) is 12.1 Å². The van der Waals surface area contributed by atoms with Crippen molar-refractivity contribution in [1.29, 1.82) is 0 Å². The van der Waals surface area contributed by atoms with Gasteiger partial charge in [0.25, 0.3) is 5.91 Å². The summed E-state index contributed by atoms with van der Waals surface area (Å²) in [6, 6.07) is 7.04. The second kappa shape index (κ2) is 7.42. The highest BCUT2D eigenvalue weighted by Crippen LogP contribution is 2.41. The van der Waals surface area contributed by atoms with Crippen LogP contribution in [0.1, 0.15) is 25.0 Å². The molecule has 0 saturated carbocycles. The molecular weight excluding hydrogens is 379 g/mol. The van der Waals surface area contributed by atoms with Crippen molar-refractivity contribution in [2.24, 2.45) is 0 Å². The van der Waals surface area contributed by atoms with Crippen molar-refractivity contribution in [2.45, 2.75) is 38.6 Å². The highest BCUT2D eigenvalue weighted by Gasteiger charge is 2.34. The molecule has 0 radical (unpaired) electrons. The Bertz CT molecular complexity index is 803. The number of carbonyl (C=O) groups is 1. The van der Waals surface area contributed by atoms with Crippen LogP contribution >= 0.6 is 11.3 Å². The van der Waals surface area contributed by atoms with E-state index < -0.39 is 25.2 Å². The molecule has 0 bridgehead atoms. The molecule has 0 unspecified atom stereocenters. The van der Waals surface area contributed by atoms with Crippen molar-refractivity contribution in [2.75, 3.05) is 13.2 Å². The zero-order valence-electron chi connectivity index (χ0n) is 15.0. The van der Waals surface area contributed by atoms with Gasteiger partial charge in [-0.3, -0.25) is 4.79 Å². The number of carbonyl (C=O) groups excluding carboxylic acids is 1. The largest absolute Gasteiger partial charge is 0.483 e. The number of nitrogens with zero attached hydrogens (tertiary/aromatic N) is 1. The fraction of sp³-hybridized carbons (Fsp3) is 0.421. The third kappa shape index (κ3) is 5.15. The molecule has 0 spiro atoms. The first-order valence-corrected chi connectivity index (χ1v) is 9.36. The summed E-state index contributed by atoms with van der Waals surface area (Å²) in [6.45, 7) is 1.96. The van der Waals surface area contributed by atoms with Crippen LogP contribution in [0.4, 0.5) is 13.2 Å². The van der Waals surface area contributed by atoms with Crippen LogP contribution in [0.2, 0.25) is 0 Å². The Morgan fingerprint density at radius 1 is 1.33 bits per heavy atom. The lowest BCUT2D eigenvalue weighted by Crippen LogP contribution is -2.40. The van der Waals surface area contributed by atoms with Gasteiger partial charge in [-0.05, 0) is 42.3 Å². The average Bonchev–Trinajstić information content (AvgIpc) is 3.16. The molecule has 1 aromatic carbocycles. The summed E-state index contributed by atoms with van der Waals surface area (Å²) in [7, 11) is 0. The van der Waals surface area contributed by atoms with Gasteiger partial charge in [0.05, 0.1) is 0 Å².